The average Bonchev–Trinajstić information content (AvgIpc) is 2.22. The number of ketones is 1. The molecule has 1 aromatic carbocycles. The zero-order valence-electron chi connectivity index (χ0n) is 8.89. The largest absolute Gasteiger partial charge is 0.299 e. The number of carbonyl (C=O) groups is 1. The summed E-state index contributed by atoms with van der Waals surface area (Å²) in [7, 11) is 0. The second-order valence-corrected chi connectivity index (χ2v) is 3.69. The number of rotatable bonds is 4. The lowest BCUT2D eigenvalue weighted by Crippen LogP contribution is -2.13. The summed E-state index contributed by atoms with van der Waals surface area (Å²) in [5.74, 6) is -1.19. The topological polar surface area (TPSA) is 17.1 Å². The van der Waals surface area contributed by atoms with E-state index >= 15 is 0 Å². The van der Waals surface area contributed by atoms with Crippen molar-refractivity contribution in [2.45, 2.75) is 26.7 Å². The maximum Gasteiger partial charge on any atom is 0.140 e. The Morgan fingerprint density at radius 3 is 2.67 bits per heavy atom. The van der Waals surface area contributed by atoms with Crippen LogP contribution in [-0.2, 0) is 11.2 Å². The van der Waals surface area contributed by atoms with Crippen LogP contribution in [-0.4, -0.2) is 5.78 Å². The lowest BCUT2D eigenvalue weighted by atomic mass is 9.97. The molecule has 0 bridgehead atoms. The molecular weight excluding hydrogens is 198 g/mol. The molecule has 1 unspecified atom stereocenters. The minimum atomic E-state index is -0.520. The Hall–Kier alpha value is -1.25. The van der Waals surface area contributed by atoms with Gasteiger partial charge >= 0.3 is 0 Å². The molecule has 1 nitrogen and oxygen atoms in total. The number of hydrogen-bond acceptors (Lipinski definition) is 1. The molecule has 82 valence electrons. The highest BCUT2D eigenvalue weighted by molar-refractivity contribution is 5.82. The number of hydrogen-bond donors (Lipinski definition) is 0. The second kappa shape index (κ2) is 5.01. The Kier molecular flexibility index (Phi) is 3.95. The van der Waals surface area contributed by atoms with Crippen molar-refractivity contribution < 1.29 is 13.6 Å². The van der Waals surface area contributed by atoms with E-state index in [-0.39, 0.29) is 23.7 Å². The molecule has 0 radical (unpaired) electrons. The van der Waals surface area contributed by atoms with Crippen LogP contribution in [0.1, 0.15) is 25.8 Å². The van der Waals surface area contributed by atoms with E-state index in [4.69, 9.17) is 0 Å². The molecule has 3 heteroatoms. The summed E-state index contributed by atoms with van der Waals surface area (Å²) in [6, 6.07) is 3.18. The summed E-state index contributed by atoms with van der Waals surface area (Å²) in [4.78, 5) is 11.5. The summed E-state index contributed by atoms with van der Waals surface area (Å²) in [6.45, 7) is 3.68. The van der Waals surface area contributed by atoms with Crippen molar-refractivity contribution in [1.82, 2.24) is 0 Å². The average molecular weight is 212 g/mol. The highest BCUT2D eigenvalue weighted by Gasteiger charge is 2.14. The SMILES string of the molecule is CCC(C)C(=O)Cc1cc(F)ccc1F. The summed E-state index contributed by atoms with van der Waals surface area (Å²) in [6.07, 6.45) is 0.689. The molecule has 0 spiro atoms. The fourth-order valence-corrected chi connectivity index (χ4v) is 1.27. The van der Waals surface area contributed by atoms with E-state index in [0.717, 1.165) is 24.6 Å². The fourth-order valence-electron chi connectivity index (χ4n) is 1.27. The highest BCUT2D eigenvalue weighted by atomic mass is 19.1. The molecule has 0 aliphatic carbocycles. The molecule has 0 saturated heterocycles. The Labute approximate surface area is 88.1 Å². The monoisotopic (exact) mass is 212 g/mol. The third-order valence-corrected chi connectivity index (χ3v) is 2.53. The molecule has 0 heterocycles. The van der Waals surface area contributed by atoms with E-state index in [1.807, 2.05) is 6.92 Å². The van der Waals surface area contributed by atoms with E-state index in [9.17, 15) is 13.6 Å². The van der Waals surface area contributed by atoms with Gasteiger partial charge in [-0.3, -0.25) is 4.79 Å². The van der Waals surface area contributed by atoms with Gasteiger partial charge in [-0.25, -0.2) is 8.78 Å². The molecule has 0 aliphatic heterocycles. The van der Waals surface area contributed by atoms with Crippen molar-refractivity contribution in [2.24, 2.45) is 5.92 Å². The van der Waals surface area contributed by atoms with Gasteiger partial charge < -0.3 is 0 Å². The first-order chi connectivity index (χ1) is 7.04. The van der Waals surface area contributed by atoms with Gasteiger partial charge in [-0.2, -0.15) is 0 Å². The van der Waals surface area contributed by atoms with Gasteiger partial charge in [0.2, 0.25) is 0 Å². The molecule has 1 rings (SSSR count). The highest BCUT2D eigenvalue weighted by Crippen LogP contribution is 2.13. The van der Waals surface area contributed by atoms with E-state index in [0.29, 0.717) is 0 Å². The molecule has 0 N–H and O–H groups in total. The van der Waals surface area contributed by atoms with Crippen LogP contribution in [0.5, 0.6) is 0 Å². The van der Waals surface area contributed by atoms with Gasteiger partial charge in [0.15, 0.2) is 0 Å². The van der Waals surface area contributed by atoms with Crippen LogP contribution in [0.2, 0.25) is 0 Å². The molecule has 0 saturated carbocycles. The molecule has 0 aliphatic rings. The third kappa shape index (κ3) is 3.11. The summed E-state index contributed by atoms with van der Waals surface area (Å²) >= 11 is 0. The van der Waals surface area contributed by atoms with Crippen LogP contribution in [0, 0.1) is 17.6 Å². The van der Waals surface area contributed by atoms with Crippen LogP contribution in [0.25, 0.3) is 0 Å². The van der Waals surface area contributed by atoms with Crippen LogP contribution in [0.15, 0.2) is 18.2 Å². The Balaban J connectivity index is 2.80. The van der Waals surface area contributed by atoms with Gasteiger partial charge in [-0.05, 0) is 30.2 Å². The van der Waals surface area contributed by atoms with Crippen molar-refractivity contribution in [1.29, 1.82) is 0 Å². The Morgan fingerprint density at radius 2 is 2.07 bits per heavy atom. The van der Waals surface area contributed by atoms with Gasteiger partial charge in [0, 0.05) is 12.3 Å². The van der Waals surface area contributed by atoms with Crippen molar-refractivity contribution in [3.05, 3.63) is 35.4 Å². The number of halogens is 2. The third-order valence-electron chi connectivity index (χ3n) is 2.53. The standard InChI is InChI=1S/C12H14F2O/c1-3-8(2)12(15)7-9-6-10(13)4-5-11(9)14/h4-6,8H,3,7H2,1-2H3. The quantitative estimate of drug-likeness (QED) is 0.749. The Bertz CT molecular complexity index is 361. The fraction of sp³-hybridized carbons (Fsp3) is 0.417. The number of benzene rings is 1. The van der Waals surface area contributed by atoms with Crippen molar-refractivity contribution in [2.75, 3.05) is 0 Å². The minimum absolute atomic E-state index is 0.0292. The van der Waals surface area contributed by atoms with Crippen LogP contribution < -0.4 is 0 Å². The molecule has 1 aromatic rings. The van der Waals surface area contributed by atoms with E-state index in [1.165, 1.54) is 0 Å². The lowest BCUT2D eigenvalue weighted by molar-refractivity contribution is -0.121. The lowest BCUT2D eigenvalue weighted by Gasteiger charge is -2.07. The van der Waals surface area contributed by atoms with E-state index in [2.05, 4.69) is 0 Å². The molecule has 0 aromatic heterocycles. The van der Waals surface area contributed by atoms with Gasteiger partial charge in [-0.15, -0.1) is 0 Å². The maximum atomic E-state index is 13.2. The Morgan fingerprint density at radius 1 is 1.40 bits per heavy atom. The molecule has 0 fully saturated rings. The van der Waals surface area contributed by atoms with Crippen LogP contribution in [0.4, 0.5) is 8.78 Å². The first-order valence-corrected chi connectivity index (χ1v) is 5.01. The predicted molar refractivity (Wildman–Crippen MR) is 54.5 cm³/mol. The van der Waals surface area contributed by atoms with E-state index < -0.39 is 11.6 Å². The molecule has 0 amide bonds. The number of carbonyl (C=O) groups excluding carboxylic acids is 1. The molecule has 15 heavy (non-hydrogen) atoms. The molecular formula is C12H14F2O. The maximum absolute atomic E-state index is 13.2. The van der Waals surface area contributed by atoms with Gasteiger partial charge in [0.25, 0.3) is 0 Å². The van der Waals surface area contributed by atoms with Crippen molar-refractivity contribution >= 4 is 5.78 Å². The first kappa shape index (κ1) is 11.8. The summed E-state index contributed by atoms with van der Waals surface area (Å²) in [5.41, 5.74) is 0.139. The van der Waals surface area contributed by atoms with E-state index in [1.54, 1.807) is 6.92 Å². The van der Waals surface area contributed by atoms with Crippen molar-refractivity contribution in [3.63, 3.8) is 0 Å². The minimum Gasteiger partial charge on any atom is -0.299 e. The normalized spacial score (nSPS) is 12.5. The zero-order valence-corrected chi connectivity index (χ0v) is 8.89. The summed E-state index contributed by atoms with van der Waals surface area (Å²) in [5, 5.41) is 0. The second-order valence-electron chi connectivity index (χ2n) is 3.69. The van der Waals surface area contributed by atoms with Gasteiger partial charge in [0.05, 0.1) is 0 Å². The first-order valence-electron chi connectivity index (χ1n) is 5.01. The predicted octanol–water partition coefficient (Wildman–Crippen LogP) is 3.12. The van der Waals surface area contributed by atoms with Gasteiger partial charge in [-0.1, -0.05) is 13.8 Å². The molecule has 1 atom stereocenters. The number of Topliss-reactive ketones (excluding diaryl/α,β-unsaturated/α-hetero) is 1. The van der Waals surface area contributed by atoms with Crippen molar-refractivity contribution in [3.8, 4) is 0 Å². The van der Waals surface area contributed by atoms with Crippen LogP contribution >= 0.6 is 0 Å². The zero-order chi connectivity index (χ0) is 11.4. The smallest absolute Gasteiger partial charge is 0.140 e. The summed E-state index contributed by atoms with van der Waals surface area (Å²) < 4.78 is 26.0. The van der Waals surface area contributed by atoms with Crippen LogP contribution in [0.3, 0.4) is 0 Å². The van der Waals surface area contributed by atoms with Gasteiger partial charge in [0.1, 0.15) is 17.4 Å².